The quantitative estimate of drug-likeness (QED) is 0.533. The van der Waals surface area contributed by atoms with Crippen LogP contribution in [0.2, 0.25) is 0 Å². The third kappa shape index (κ3) is 4.00. The molecule has 0 radical (unpaired) electrons. The van der Waals surface area contributed by atoms with Gasteiger partial charge in [0.15, 0.2) is 0 Å². The summed E-state index contributed by atoms with van der Waals surface area (Å²) in [5.74, 6) is -0.486. The number of hydrogen-bond donors (Lipinski definition) is 1. The lowest BCUT2D eigenvalue weighted by Gasteiger charge is -2.05. The number of aryl methyl sites for hydroxylation is 2. The van der Waals surface area contributed by atoms with Crippen molar-refractivity contribution < 1.29 is 9.72 Å². The van der Waals surface area contributed by atoms with Gasteiger partial charge in [-0.15, -0.1) is 0 Å². The number of nitrogens with one attached hydrogen (secondary N) is 1. The van der Waals surface area contributed by atoms with Gasteiger partial charge in [-0.05, 0) is 32.4 Å². The van der Waals surface area contributed by atoms with Crippen molar-refractivity contribution in [2.24, 2.45) is 5.10 Å². The third-order valence-electron chi connectivity index (χ3n) is 3.43. The standard InChI is InChI=1S/C17H17N3O3/c1-11-5-4-6-14(9-11)13(3)18-19-17(21)15-8-7-12(2)16(10-15)20(22)23/h4-10H,1-3H3,(H,19,21). The number of nitro groups is 1. The lowest BCUT2D eigenvalue weighted by molar-refractivity contribution is -0.385. The molecule has 0 heterocycles. The van der Waals surface area contributed by atoms with Crippen molar-refractivity contribution in [2.45, 2.75) is 20.8 Å². The zero-order chi connectivity index (χ0) is 17.0. The molecule has 0 aliphatic carbocycles. The van der Waals surface area contributed by atoms with Gasteiger partial charge in [0.1, 0.15) is 0 Å². The van der Waals surface area contributed by atoms with Gasteiger partial charge in [-0.3, -0.25) is 14.9 Å². The number of hydrazone groups is 1. The predicted octanol–water partition coefficient (Wildman–Crippen LogP) is 3.37. The minimum atomic E-state index is -0.507. The number of rotatable bonds is 4. The average molecular weight is 311 g/mol. The van der Waals surface area contributed by atoms with E-state index in [-0.39, 0.29) is 11.3 Å². The third-order valence-corrected chi connectivity index (χ3v) is 3.43. The Bertz CT molecular complexity index is 797. The molecule has 0 saturated heterocycles. The second-order valence-electron chi connectivity index (χ2n) is 5.27. The van der Waals surface area contributed by atoms with Crippen LogP contribution in [0.5, 0.6) is 0 Å². The molecule has 1 amide bonds. The van der Waals surface area contributed by atoms with Gasteiger partial charge in [-0.25, -0.2) is 5.43 Å². The Morgan fingerprint density at radius 1 is 1.13 bits per heavy atom. The van der Waals surface area contributed by atoms with Gasteiger partial charge < -0.3 is 0 Å². The molecule has 0 aromatic heterocycles. The van der Waals surface area contributed by atoms with Gasteiger partial charge in [-0.1, -0.05) is 35.9 Å². The van der Waals surface area contributed by atoms with Crippen LogP contribution in [0.25, 0.3) is 0 Å². The lowest BCUT2D eigenvalue weighted by atomic mass is 10.1. The maximum absolute atomic E-state index is 12.1. The Morgan fingerprint density at radius 2 is 1.87 bits per heavy atom. The van der Waals surface area contributed by atoms with E-state index >= 15 is 0 Å². The average Bonchev–Trinajstić information content (AvgIpc) is 2.52. The Balaban J connectivity index is 2.18. The number of benzene rings is 2. The van der Waals surface area contributed by atoms with E-state index in [1.807, 2.05) is 31.2 Å². The number of carbonyl (C=O) groups is 1. The van der Waals surface area contributed by atoms with Crippen LogP contribution in [0.3, 0.4) is 0 Å². The number of nitro benzene ring substituents is 1. The van der Waals surface area contributed by atoms with E-state index in [4.69, 9.17) is 0 Å². The highest BCUT2D eigenvalue weighted by Crippen LogP contribution is 2.19. The number of carbonyl (C=O) groups excluding carboxylic acids is 1. The van der Waals surface area contributed by atoms with E-state index in [0.717, 1.165) is 11.1 Å². The van der Waals surface area contributed by atoms with Crippen molar-refractivity contribution in [3.05, 3.63) is 74.8 Å². The zero-order valence-electron chi connectivity index (χ0n) is 13.2. The van der Waals surface area contributed by atoms with Gasteiger partial charge in [0.25, 0.3) is 11.6 Å². The van der Waals surface area contributed by atoms with Crippen molar-refractivity contribution in [3.63, 3.8) is 0 Å². The number of amides is 1. The van der Waals surface area contributed by atoms with Crippen LogP contribution in [0, 0.1) is 24.0 Å². The maximum Gasteiger partial charge on any atom is 0.273 e. The Morgan fingerprint density at radius 3 is 2.52 bits per heavy atom. The summed E-state index contributed by atoms with van der Waals surface area (Å²) in [7, 11) is 0. The maximum atomic E-state index is 12.1. The lowest BCUT2D eigenvalue weighted by Crippen LogP contribution is -2.19. The molecule has 0 spiro atoms. The Hall–Kier alpha value is -3.02. The van der Waals surface area contributed by atoms with Crippen LogP contribution in [-0.4, -0.2) is 16.5 Å². The summed E-state index contributed by atoms with van der Waals surface area (Å²) in [5.41, 5.74) is 5.70. The van der Waals surface area contributed by atoms with E-state index < -0.39 is 10.8 Å². The molecule has 118 valence electrons. The van der Waals surface area contributed by atoms with E-state index in [0.29, 0.717) is 11.3 Å². The summed E-state index contributed by atoms with van der Waals surface area (Å²) in [6.45, 7) is 5.38. The predicted molar refractivity (Wildman–Crippen MR) is 88.7 cm³/mol. The first-order valence-corrected chi connectivity index (χ1v) is 7.05. The molecule has 0 atom stereocenters. The summed E-state index contributed by atoms with van der Waals surface area (Å²) in [6, 6.07) is 12.1. The highest BCUT2D eigenvalue weighted by molar-refractivity contribution is 6.01. The molecular weight excluding hydrogens is 294 g/mol. The minimum Gasteiger partial charge on any atom is -0.267 e. The van der Waals surface area contributed by atoms with E-state index in [1.165, 1.54) is 12.1 Å². The van der Waals surface area contributed by atoms with E-state index in [2.05, 4.69) is 10.5 Å². The monoisotopic (exact) mass is 311 g/mol. The molecule has 0 unspecified atom stereocenters. The van der Waals surface area contributed by atoms with Crippen molar-refractivity contribution in [1.82, 2.24) is 5.43 Å². The van der Waals surface area contributed by atoms with Crippen LogP contribution in [-0.2, 0) is 0 Å². The normalized spacial score (nSPS) is 11.2. The second-order valence-corrected chi connectivity index (χ2v) is 5.27. The molecule has 2 aromatic rings. The molecule has 0 saturated carbocycles. The molecule has 23 heavy (non-hydrogen) atoms. The van der Waals surface area contributed by atoms with Crippen molar-refractivity contribution in [1.29, 1.82) is 0 Å². The van der Waals surface area contributed by atoms with Gasteiger partial charge in [0, 0.05) is 17.2 Å². The molecule has 0 bridgehead atoms. The fourth-order valence-corrected chi connectivity index (χ4v) is 2.08. The molecular formula is C17H17N3O3. The number of nitrogens with zero attached hydrogens (tertiary/aromatic N) is 2. The molecule has 6 nitrogen and oxygen atoms in total. The van der Waals surface area contributed by atoms with Crippen LogP contribution in [0.1, 0.15) is 34.0 Å². The van der Waals surface area contributed by atoms with Gasteiger partial charge >= 0.3 is 0 Å². The molecule has 1 N–H and O–H groups in total. The van der Waals surface area contributed by atoms with E-state index in [9.17, 15) is 14.9 Å². The largest absolute Gasteiger partial charge is 0.273 e. The molecule has 0 aliphatic heterocycles. The van der Waals surface area contributed by atoms with Crippen molar-refractivity contribution in [3.8, 4) is 0 Å². The summed E-state index contributed by atoms with van der Waals surface area (Å²) in [4.78, 5) is 22.5. The first-order chi connectivity index (χ1) is 10.9. The van der Waals surface area contributed by atoms with Gasteiger partial charge in [-0.2, -0.15) is 5.10 Å². The van der Waals surface area contributed by atoms with Crippen molar-refractivity contribution >= 4 is 17.3 Å². The first kappa shape index (κ1) is 16.4. The molecule has 6 heteroatoms. The Kier molecular flexibility index (Phi) is 4.85. The summed E-state index contributed by atoms with van der Waals surface area (Å²) in [5, 5.41) is 15.0. The zero-order valence-corrected chi connectivity index (χ0v) is 13.2. The molecule has 2 aromatic carbocycles. The highest BCUT2D eigenvalue weighted by atomic mass is 16.6. The van der Waals surface area contributed by atoms with Crippen molar-refractivity contribution in [2.75, 3.05) is 0 Å². The second kappa shape index (κ2) is 6.83. The van der Waals surface area contributed by atoms with Gasteiger partial charge in [0.2, 0.25) is 0 Å². The smallest absolute Gasteiger partial charge is 0.267 e. The van der Waals surface area contributed by atoms with Crippen LogP contribution >= 0.6 is 0 Å². The summed E-state index contributed by atoms with van der Waals surface area (Å²) in [6.07, 6.45) is 0. The summed E-state index contributed by atoms with van der Waals surface area (Å²) < 4.78 is 0. The highest BCUT2D eigenvalue weighted by Gasteiger charge is 2.14. The molecule has 2 rings (SSSR count). The van der Waals surface area contributed by atoms with Gasteiger partial charge in [0.05, 0.1) is 10.6 Å². The van der Waals surface area contributed by atoms with E-state index in [1.54, 1.807) is 19.9 Å². The summed E-state index contributed by atoms with van der Waals surface area (Å²) >= 11 is 0. The fourth-order valence-electron chi connectivity index (χ4n) is 2.08. The SMILES string of the molecule is CC(=NNC(=O)c1ccc(C)c([N+](=O)[O-])c1)c1cccc(C)c1. The topological polar surface area (TPSA) is 84.6 Å². The first-order valence-electron chi connectivity index (χ1n) is 7.05. The van der Waals surface area contributed by atoms with Crippen LogP contribution in [0.4, 0.5) is 5.69 Å². The van der Waals surface area contributed by atoms with Crippen LogP contribution in [0.15, 0.2) is 47.6 Å². The number of hydrogen-bond acceptors (Lipinski definition) is 4. The molecule has 0 fully saturated rings. The minimum absolute atomic E-state index is 0.0861. The van der Waals surface area contributed by atoms with Crippen LogP contribution < -0.4 is 5.43 Å². The fraction of sp³-hybridized carbons (Fsp3) is 0.176. The molecule has 0 aliphatic rings. The Labute approximate surface area is 134 Å².